The average molecular weight is 665 g/mol. The second-order valence-electron chi connectivity index (χ2n) is 13.1. The molecule has 2 aromatic heterocycles. The molecule has 0 radical (unpaired) electrons. The van der Waals surface area contributed by atoms with Gasteiger partial charge in [0.05, 0.1) is 36.3 Å². The molecule has 0 bridgehead atoms. The van der Waals surface area contributed by atoms with Crippen LogP contribution in [0.2, 0.25) is 0 Å². The van der Waals surface area contributed by atoms with Gasteiger partial charge in [-0.15, -0.1) is 0 Å². The number of hydrogen-bond donors (Lipinski definition) is 4. The first-order valence-electron chi connectivity index (χ1n) is 16.7. The summed E-state index contributed by atoms with van der Waals surface area (Å²) in [5.41, 5.74) is 2.62. The van der Waals surface area contributed by atoms with Crippen LogP contribution in [0, 0.1) is 11.8 Å². The molecule has 4 aromatic rings. The summed E-state index contributed by atoms with van der Waals surface area (Å²) in [5.74, 6) is -1.79. The highest BCUT2D eigenvalue weighted by Gasteiger charge is 2.47. The number of ether oxygens (including phenoxy) is 1. The van der Waals surface area contributed by atoms with Gasteiger partial charge in [-0.1, -0.05) is 88.4 Å². The lowest BCUT2D eigenvalue weighted by Gasteiger charge is -2.25. The number of carbonyl (C=O) groups is 4. The van der Waals surface area contributed by atoms with Crippen LogP contribution in [0.5, 0.6) is 0 Å². The lowest BCUT2D eigenvalue weighted by molar-refractivity contribution is -0.130. The summed E-state index contributed by atoms with van der Waals surface area (Å²) in [5, 5.41) is 12.6. The van der Waals surface area contributed by atoms with Crippen molar-refractivity contribution in [2.45, 2.75) is 77.4 Å². The highest BCUT2D eigenvalue weighted by molar-refractivity contribution is 5.98. The number of para-hydroxylation sites is 1. The molecule has 0 spiro atoms. The lowest BCUT2D eigenvalue weighted by atomic mass is 9.98. The zero-order chi connectivity index (χ0) is 34.9. The van der Waals surface area contributed by atoms with Crippen LogP contribution in [0.15, 0.2) is 91.1 Å². The van der Waals surface area contributed by atoms with Crippen LogP contribution in [0.25, 0.3) is 10.9 Å². The maximum absolute atomic E-state index is 13.8. The van der Waals surface area contributed by atoms with Gasteiger partial charge in [0.2, 0.25) is 17.7 Å². The van der Waals surface area contributed by atoms with Gasteiger partial charge in [0, 0.05) is 11.6 Å². The van der Waals surface area contributed by atoms with E-state index < -0.39 is 36.2 Å². The molecular weight excluding hydrogens is 620 g/mol. The zero-order valence-electron chi connectivity index (χ0n) is 28.3. The first-order valence-corrected chi connectivity index (χ1v) is 16.7. The number of amides is 4. The number of hydrogen-bond acceptors (Lipinski definition) is 7. The third-order valence-corrected chi connectivity index (χ3v) is 8.53. The van der Waals surface area contributed by atoms with Crippen molar-refractivity contribution in [2.24, 2.45) is 11.8 Å². The average Bonchev–Trinajstić information content (AvgIpc) is 3.87. The highest BCUT2D eigenvalue weighted by atomic mass is 16.6. The van der Waals surface area contributed by atoms with Crippen molar-refractivity contribution in [1.29, 1.82) is 0 Å². The SMILES string of the molecule is CC(C)[C@H](NC(=O)CC1OC1C(Cc1ccccc1)NC(=O)[C@H](NC(=O)c1ccc2ccccc2n1)C(C)C)C(=O)NCc1ccccn1. The minimum Gasteiger partial charge on any atom is -0.367 e. The van der Waals surface area contributed by atoms with Crippen LogP contribution in [-0.4, -0.2) is 63.9 Å². The molecule has 256 valence electrons. The van der Waals surface area contributed by atoms with Crippen LogP contribution in [0.1, 0.15) is 55.9 Å². The number of benzene rings is 2. The normalized spacial score (nSPS) is 17.2. The van der Waals surface area contributed by atoms with Crippen molar-refractivity contribution < 1.29 is 23.9 Å². The number of nitrogens with one attached hydrogen (secondary N) is 4. The summed E-state index contributed by atoms with van der Waals surface area (Å²) in [6, 6.07) is 24.1. The fourth-order valence-electron chi connectivity index (χ4n) is 5.75. The standard InChI is InChI=1S/C38H44N6O5/c1-23(2)33(37(47)40-22-27-15-10-11-19-39-27)43-32(45)21-31-35(49-31)30(20-25-12-6-5-7-13-25)42-38(48)34(24(3)4)44-36(46)29-18-17-26-14-8-9-16-28(26)41-29/h5-19,23-24,30-31,33-35H,20-22H2,1-4H3,(H,40,47)(H,42,48)(H,43,45)(H,44,46)/t30?,31?,33-,34+,35?/m0/s1. The fourth-order valence-corrected chi connectivity index (χ4v) is 5.75. The van der Waals surface area contributed by atoms with Gasteiger partial charge < -0.3 is 26.0 Å². The molecule has 1 aliphatic rings. The molecule has 3 unspecified atom stereocenters. The predicted molar refractivity (Wildman–Crippen MR) is 186 cm³/mol. The van der Waals surface area contributed by atoms with Crippen LogP contribution in [-0.2, 0) is 32.1 Å². The second-order valence-corrected chi connectivity index (χ2v) is 13.1. The first kappa shape index (κ1) is 35.2. The van der Waals surface area contributed by atoms with Crippen LogP contribution in [0.3, 0.4) is 0 Å². The largest absolute Gasteiger partial charge is 0.367 e. The van der Waals surface area contributed by atoms with Gasteiger partial charge in [0.25, 0.3) is 5.91 Å². The van der Waals surface area contributed by atoms with Gasteiger partial charge >= 0.3 is 0 Å². The Labute approximate surface area is 286 Å². The number of aromatic nitrogens is 2. The number of nitrogens with zero attached hydrogens (tertiary/aromatic N) is 2. The van der Waals surface area contributed by atoms with Gasteiger partial charge in [-0.3, -0.25) is 24.2 Å². The van der Waals surface area contributed by atoms with E-state index in [0.29, 0.717) is 11.9 Å². The molecule has 11 heteroatoms. The van der Waals surface area contributed by atoms with E-state index in [9.17, 15) is 19.2 Å². The predicted octanol–water partition coefficient (Wildman–Crippen LogP) is 3.73. The maximum atomic E-state index is 13.8. The lowest BCUT2D eigenvalue weighted by Crippen LogP contribution is -2.54. The molecule has 4 N–H and O–H groups in total. The minimum absolute atomic E-state index is 0.0283. The Morgan fingerprint density at radius 2 is 1.45 bits per heavy atom. The van der Waals surface area contributed by atoms with Gasteiger partial charge in [0.1, 0.15) is 23.9 Å². The number of pyridine rings is 2. The third kappa shape index (κ3) is 9.70. The van der Waals surface area contributed by atoms with Crippen LogP contribution in [0.4, 0.5) is 0 Å². The molecule has 1 saturated heterocycles. The van der Waals surface area contributed by atoms with Crippen molar-refractivity contribution in [3.8, 4) is 0 Å². The van der Waals surface area contributed by atoms with Crippen LogP contribution < -0.4 is 21.3 Å². The van der Waals surface area contributed by atoms with Crippen molar-refractivity contribution in [3.05, 3.63) is 108 Å². The summed E-state index contributed by atoms with van der Waals surface area (Å²) in [6.45, 7) is 7.72. The molecular formula is C38H44N6O5. The van der Waals surface area contributed by atoms with E-state index in [1.165, 1.54) is 0 Å². The molecule has 49 heavy (non-hydrogen) atoms. The number of fused-ring (bicyclic) bond motifs is 1. The minimum atomic E-state index is -0.837. The van der Waals surface area contributed by atoms with Gasteiger partial charge in [-0.25, -0.2) is 4.98 Å². The molecule has 1 aliphatic heterocycles. The Morgan fingerprint density at radius 1 is 0.755 bits per heavy atom. The molecule has 5 atom stereocenters. The summed E-state index contributed by atoms with van der Waals surface area (Å²) in [7, 11) is 0. The molecule has 1 fully saturated rings. The molecule has 3 heterocycles. The summed E-state index contributed by atoms with van der Waals surface area (Å²) >= 11 is 0. The Balaban J connectivity index is 1.22. The smallest absolute Gasteiger partial charge is 0.270 e. The molecule has 2 aromatic carbocycles. The molecule has 4 amide bonds. The third-order valence-electron chi connectivity index (χ3n) is 8.53. The highest BCUT2D eigenvalue weighted by Crippen LogP contribution is 2.30. The zero-order valence-corrected chi connectivity index (χ0v) is 28.3. The molecule has 11 nitrogen and oxygen atoms in total. The maximum Gasteiger partial charge on any atom is 0.270 e. The first-order chi connectivity index (χ1) is 23.6. The summed E-state index contributed by atoms with van der Waals surface area (Å²) < 4.78 is 5.98. The van der Waals surface area contributed by atoms with E-state index in [1.54, 1.807) is 18.3 Å². The van der Waals surface area contributed by atoms with E-state index in [4.69, 9.17) is 4.74 Å². The summed E-state index contributed by atoms with van der Waals surface area (Å²) in [6.07, 6.45) is 1.26. The summed E-state index contributed by atoms with van der Waals surface area (Å²) in [4.78, 5) is 61.8. The topological polar surface area (TPSA) is 155 Å². The van der Waals surface area contributed by atoms with E-state index in [-0.39, 0.29) is 48.2 Å². The van der Waals surface area contributed by atoms with E-state index in [1.807, 2.05) is 100 Å². The number of rotatable bonds is 15. The number of epoxide rings is 1. The fraction of sp³-hybridized carbons (Fsp3) is 0.368. The van der Waals surface area contributed by atoms with E-state index in [0.717, 1.165) is 16.6 Å². The molecule has 0 aliphatic carbocycles. The van der Waals surface area contributed by atoms with Crippen molar-refractivity contribution in [3.63, 3.8) is 0 Å². The second kappa shape index (κ2) is 16.3. The van der Waals surface area contributed by atoms with Crippen molar-refractivity contribution >= 4 is 34.5 Å². The van der Waals surface area contributed by atoms with Gasteiger partial charge in [-0.05, 0) is 48.1 Å². The Morgan fingerprint density at radius 3 is 2.16 bits per heavy atom. The van der Waals surface area contributed by atoms with E-state index >= 15 is 0 Å². The van der Waals surface area contributed by atoms with Gasteiger partial charge in [0.15, 0.2) is 0 Å². The number of carbonyl (C=O) groups excluding carboxylic acids is 4. The van der Waals surface area contributed by atoms with E-state index in [2.05, 4.69) is 31.2 Å². The molecule has 5 rings (SSSR count). The molecule has 0 saturated carbocycles. The van der Waals surface area contributed by atoms with Crippen LogP contribution >= 0.6 is 0 Å². The Kier molecular flexibility index (Phi) is 11.7. The Bertz CT molecular complexity index is 1750. The van der Waals surface area contributed by atoms with Gasteiger partial charge in [-0.2, -0.15) is 0 Å². The monoisotopic (exact) mass is 664 g/mol. The quantitative estimate of drug-likeness (QED) is 0.141. The van der Waals surface area contributed by atoms with Crippen molar-refractivity contribution in [1.82, 2.24) is 31.2 Å². The van der Waals surface area contributed by atoms with Crippen molar-refractivity contribution in [2.75, 3.05) is 0 Å². The Hall–Kier alpha value is -5.16.